The van der Waals surface area contributed by atoms with Gasteiger partial charge < -0.3 is 9.73 Å². The zero-order valence-corrected chi connectivity index (χ0v) is 10.7. The van der Waals surface area contributed by atoms with Crippen molar-refractivity contribution < 1.29 is 13.6 Å². The molecule has 2 aromatic rings. The van der Waals surface area contributed by atoms with Gasteiger partial charge in [-0.3, -0.25) is 4.79 Å². The molecule has 0 fully saturated rings. The third-order valence-corrected chi connectivity index (χ3v) is 2.53. The highest BCUT2D eigenvalue weighted by Crippen LogP contribution is 2.12. The Balaban J connectivity index is 1.99. The molecule has 0 atom stereocenters. The second-order valence-electron chi connectivity index (χ2n) is 4.37. The van der Waals surface area contributed by atoms with E-state index in [0.29, 0.717) is 11.5 Å². The zero-order chi connectivity index (χ0) is 13.8. The number of hydrogen-bond acceptors (Lipinski definition) is 4. The van der Waals surface area contributed by atoms with Gasteiger partial charge in [0.25, 0.3) is 0 Å². The van der Waals surface area contributed by atoms with E-state index in [1.54, 1.807) is 18.2 Å². The highest BCUT2D eigenvalue weighted by atomic mass is 19.1. The summed E-state index contributed by atoms with van der Waals surface area (Å²) in [6.07, 6.45) is 0. The van der Waals surface area contributed by atoms with Crippen LogP contribution in [0.1, 0.15) is 41.9 Å². The van der Waals surface area contributed by atoms with Gasteiger partial charge in [-0.2, -0.15) is 0 Å². The molecule has 0 saturated heterocycles. The Morgan fingerprint density at radius 3 is 2.74 bits per heavy atom. The monoisotopic (exact) mass is 263 g/mol. The SMILES string of the molecule is CC(C)c1nnc(C(=O)NCc2ccccc2F)o1. The van der Waals surface area contributed by atoms with E-state index in [9.17, 15) is 9.18 Å². The molecule has 2 rings (SSSR count). The summed E-state index contributed by atoms with van der Waals surface area (Å²) in [7, 11) is 0. The van der Waals surface area contributed by atoms with Gasteiger partial charge in [0.2, 0.25) is 5.89 Å². The molecule has 0 saturated carbocycles. The van der Waals surface area contributed by atoms with Crippen LogP contribution >= 0.6 is 0 Å². The molecule has 1 N–H and O–H groups in total. The minimum absolute atomic E-state index is 0.0561. The summed E-state index contributed by atoms with van der Waals surface area (Å²) in [6.45, 7) is 3.84. The normalized spacial score (nSPS) is 10.7. The largest absolute Gasteiger partial charge is 0.417 e. The van der Waals surface area contributed by atoms with Crippen LogP contribution in [-0.2, 0) is 6.54 Å². The van der Waals surface area contributed by atoms with Gasteiger partial charge in [-0.05, 0) is 6.07 Å². The highest BCUT2D eigenvalue weighted by molar-refractivity contribution is 5.89. The molecule has 5 nitrogen and oxygen atoms in total. The Morgan fingerprint density at radius 1 is 1.37 bits per heavy atom. The minimum Gasteiger partial charge on any atom is -0.417 e. The average Bonchev–Trinajstić information content (AvgIpc) is 2.87. The lowest BCUT2D eigenvalue weighted by Gasteiger charge is -2.03. The van der Waals surface area contributed by atoms with Crippen LogP contribution in [0.3, 0.4) is 0 Å². The van der Waals surface area contributed by atoms with Crippen molar-refractivity contribution in [1.82, 2.24) is 15.5 Å². The van der Waals surface area contributed by atoms with Crippen molar-refractivity contribution in [3.63, 3.8) is 0 Å². The van der Waals surface area contributed by atoms with Crippen molar-refractivity contribution in [3.8, 4) is 0 Å². The number of aromatic nitrogens is 2. The fourth-order valence-corrected chi connectivity index (χ4v) is 1.45. The first kappa shape index (κ1) is 13.2. The molecule has 0 aliphatic rings. The van der Waals surface area contributed by atoms with Gasteiger partial charge in [0, 0.05) is 18.0 Å². The topological polar surface area (TPSA) is 68.0 Å². The van der Waals surface area contributed by atoms with Crippen molar-refractivity contribution >= 4 is 5.91 Å². The Kier molecular flexibility index (Phi) is 3.89. The molecule has 100 valence electrons. The van der Waals surface area contributed by atoms with Crippen molar-refractivity contribution in [1.29, 1.82) is 0 Å². The third-order valence-electron chi connectivity index (χ3n) is 2.53. The lowest BCUT2D eigenvalue weighted by Crippen LogP contribution is -2.23. The Labute approximate surface area is 109 Å². The summed E-state index contributed by atoms with van der Waals surface area (Å²) < 4.78 is 18.5. The van der Waals surface area contributed by atoms with Crippen molar-refractivity contribution in [2.24, 2.45) is 0 Å². The molecule has 1 amide bonds. The molecule has 1 heterocycles. The molecule has 1 aromatic heterocycles. The van der Waals surface area contributed by atoms with Crippen LogP contribution in [0.4, 0.5) is 4.39 Å². The lowest BCUT2D eigenvalue weighted by molar-refractivity contribution is 0.0913. The van der Waals surface area contributed by atoms with Crippen LogP contribution in [0.15, 0.2) is 28.7 Å². The molecule has 0 aliphatic heterocycles. The number of benzene rings is 1. The van der Waals surface area contributed by atoms with Crippen LogP contribution in [0.2, 0.25) is 0 Å². The van der Waals surface area contributed by atoms with Crippen LogP contribution in [-0.4, -0.2) is 16.1 Å². The maximum absolute atomic E-state index is 13.3. The smallest absolute Gasteiger partial charge is 0.309 e. The molecule has 0 bridgehead atoms. The number of hydrogen-bond donors (Lipinski definition) is 1. The van der Waals surface area contributed by atoms with E-state index < -0.39 is 5.91 Å². The third kappa shape index (κ3) is 3.15. The molecule has 6 heteroatoms. The fourth-order valence-electron chi connectivity index (χ4n) is 1.45. The van der Waals surface area contributed by atoms with Gasteiger partial charge in [-0.25, -0.2) is 4.39 Å². The van der Waals surface area contributed by atoms with Gasteiger partial charge in [0.15, 0.2) is 0 Å². The Morgan fingerprint density at radius 2 is 2.11 bits per heavy atom. The molecule has 1 aromatic carbocycles. The molecule has 0 radical (unpaired) electrons. The quantitative estimate of drug-likeness (QED) is 0.918. The maximum Gasteiger partial charge on any atom is 0.309 e. The standard InChI is InChI=1S/C13H14FN3O2/c1-8(2)12-16-17-13(19-12)11(18)15-7-9-5-3-4-6-10(9)14/h3-6,8H,7H2,1-2H3,(H,15,18). The second kappa shape index (κ2) is 5.60. The Hall–Kier alpha value is -2.24. The number of rotatable bonds is 4. The number of carbonyl (C=O) groups excluding carboxylic acids is 1. The Bertz CT molecular complexity index is 581. The maximum atomic E-state index is 13.3. The molecular formula is C13H14FN3O2. The fraction of sp³-hybridized carbons (Fsp3) is 0.308. The van der Waals surface area contributed by atoms with E-state index in [1.807, 2.05) is 13.8 Å². The molecule has 0 aliphatic carbocycles. The van der Waals surface area contributed by atoms with Crippen molar-refractivity contribution in [2.75, 3.05) is 0 Å². The number of halogens is 1. The second-order valence-corrected chi connectivity index (χ2v) is 4.37. The van der Waals surface area contributed by atoms with Gasteiger partial charge in [0.1, 0.15) is 5.82 Å². The first-order valence-corrected chi connectivity index (χ1v) is 5.93. The van der Waals surface area contributed by atoms with Crippen molar-refractivity contribution in [2.45, 2.75) is 26.3 Å². The predicted octanol–water partition coefficient (Wildman–Crippen LogP) is 2.26. The van der Waals surface area contributed by atoms with Gasteiger partial charge in [0.05, 0.1) is 0 Å². The van der Waals surface area contributed by atoms with Crippen LogP contribution in [0.25, 0.3) is 0 Å². The van der Waals surface area contributed by atoms with Gasteiger partial charge >= 0.3 is 11.8 Å². The van der Waals surface area contributed by atoms with Crippen molar-refractivity contribution in [3.05, 3.63) is 47.4 Å². The van der Waals surface area contributed by atoms with E-state index in [1.165, 1.54) is 6.07 Å². The van der Waals surface area contributed by atoms with Crippen LogP contribution < -0.4 is 5.32 Å². The molecule has 0 unspecified atom stereocenters. The summed E-state index contributed by atoms with van der Waals surface area (Å²) >= 11 is 0. The summed E-state index contributed by atoms with van der Waals surface area (Å²) in [6, 6.07) is 6.23. The summed E-state index contributed by atoms with van der Waals surface area (Å²) in [5, 5.41) is 9.94. The van der Waals surface area contributed by atoms with E-state index in [-0.39, 0.29) is 24.2 Å². The average molecular weight is 263 g/mol. The minimum atomic E-state index is -0.511. The first-order valence-electron chi connectivity index (χ1n) is 5.93. The van der Waals surface area contributed by atoms with E-state index in [0.717, 1.165) is 0 Å². The highest BCUT2D eigenvalue weighted by Gasteiger charge is 2.16. The van der Waals surface area contributed by atoms with E-state index in [4.69, 9.17) is 4.42 Å². The van der Waals surface area contributed by atoms with E-state index in [2.05, 4.69) is 15.5 Å². The summed E-state index contributed by atoms with van der Waals surface area (Å²) in [5.74, 6) is -0.532. The predicted molar refractivity (Wildman–Crippen MR) is 66.0 cm³/mol. The summed E-state index contributed by atoms with van der Waals surface area (Å²) in [5.41, 5.74) is 0.402. The molecule has 0 spiro atoms. The number of carbonyl (C=O) groups is 1. The van der Waals surface area contributed by atoms with Gasteiger partial charge in [-0.1, -0.05) is 32.0 Å². The zero-order valence-electron chi connectivity index (χ0n) is 10.7. The van der Waals surface area contributed by atoms with Crippen LogP contribution in [0, 0.1) is 5.82 Å². The molecule has 19 heavy (non-hydrogen) atoms. The lowest BCUT2D eigenvalue weighted by atomic mass is 10.2. The van der Waals surface area contributed by atoms with Crippen LogP contribution in [0.5, 0.6) is 0 Å². The van der Waals surface area contributed by atoms with E-state index >= 15 is 0 Å². The first-order chi connectivity index (χ1) is 9.08. The summed E-state index contributed by atoms with van der Waals surface area (Å²) in [4.78, 5) is 11.7. The number of amides is 1. The number of nitrogens with zero attached hydrogens (tertiary/aromatic N) is 2. The number of nitrogens with one attached hydrogen (secondary N) is 1. The molecular weight excluding hydrogens is 249 g/mol. The van der Waals surface area contributed by atoms with Gasteiger partial charge in [-0.15, -0.1) is 10.2 Å².